The predicted octanol–water partition coefficient (Wildman–Crippen LogP) is 4.51. The highest BCUT2D eigenvalue weighted by atomic mass is 35.5. The van der Waals surface area contributed by atoms with Crippen LogP contribution >= 0.6 is 11.6 Å². The number of hydrogen-bond donors (Lipinski definition) is 1. The third kappa shape index (κ3) is 5.34. The molecule has 2 heterocycles. The van der Waals surface area contributed by atoms with E-state index in [0.29, 0.717) is 53.6 Å². The molecule has 0 unspecified atom stereocenters. The summed E-state index contributed by atoms with van der Waals surface area (Å²) in [5, 5.41) is 4.12. The molecule has 32 heavy (non-hydrogen) atoms. The lowest BCUT2D eigenvalue weighted by atomic mass is 10.1. The molecule has 168 valence electrons. The summed E-state index contributed by atoms with van der Waals surface area (Å²) < 4.78 is 18.8. The van der Waals surface area contributed by atoms with E-state index < -0.39 is 6.17 Å². The standard InChI is InChI=1S/C24H26ClFN4O2/c1-2-32-19-7-4-16(5-8-19)23-28-21-14-17(25)6-9-20(21)22(29-23)24(31)27-11-3-12-30-13-10-18(26)15-30/h4-9,14,18H,2-3,10-13,15H2,1H3,(H,27,31)/t18-/m1/s1. The van der Waals surface area contributed by atoms with Crippen molar-refractivity contribution in [3.63, 3.8) is 0 Å². The number of rotatable bonds is 8. The molecule has 1 amide bonds. The maximum absolute atomic E-state index is 13.3. The second-order valence-corrected chi connectivity index (χ2v) is 8.25. The van der Waals surface area contributed by atoms with E-state index in [9.17, 15) is 9.18 Å². The zero-order valence-corrected chi connectivity index (χ0v) is 18.7. The molecule has 1 fully saturated rings. The molecule has 8 heteroatoms. The van der Waals surface area contributed by atoms with Crippen molar-refractivity contribution in [1.29, 1.82) is 0 Å². The van der Waals surface area contributed by atoms with E-state index in [2.05, 4.69) is 20.2 Å². The number of aromatic nitrogens is 2. The van der Waals surface area contributed by atoms with Crippen LogP contribution < -0.4 is 10.1 Å². The highest BCUT2D eigenvalue weighted by Crippen LogP contribution is 2.25. The average molecular weight is 457 g/mol. The predicted molar refractivity (Wildman–Crippen MR) is 124 cm³/mol. The number of amides is 1. The Hall–Kier alpha value is -2.77. The van der Waals surface area contributed by atoms with Gasteiger partial charge in [0.1, 0.15) is 17.6 Å². The fourth-order valence-corrected chi connectivity index (χ4v) is 4.01. The molecule has 1 atom stereocenters. The molecular formula is C24H26ClFN4O2. The van der Waals surface area contributed by atoms with Crippen LogP contribution in [0.1, 0.15) is 30.3 Å². The van der Waals surface area contributed by atoms with Gasteiger partial charge in [-0.15, -0.1) is 0 Å². The Labute approximate surface area is 191 Å². The van der Waals surface area contributed by atoms with Crippen LogP contribution in [0, 0.1) is 0 Å². The van der Waals surface area contributed by atoms with E-state index in [1.165, 1.54) is 0 Å². The monoisotopic (exact) mass is 456 g/mol. The van der Waals surface area contributed by atoms with Gasteiger partial charge < -0.3 is 15.0 Å². The summed E-state index contributed by atoms with van der Waals surface area (Å²) in [6, 6.07) is 12.7. The minimum absolute atomic E-state index is 0.267. The number of halogens is 2. The lowest BCUT2D eigenvalue weighted by Gasteiger charge is -2.14. The van der Waals surface area contributed by atoms with Crippen molar-refractivity contribution in [2.45, 2.75) is 25.9 Å². The first-order valence-corrected chi connectivity index (χ1v) is 11.3. The second kappa shape index (κ2) is 10.2. The average Bonchev–Trinajstić information content (AvgIpc) is 3.21. The third-order valence-corrected chi connectivity index (χ3v) is 5.68. The highest BCUT2D eigenvalue weighted by molar-refractivity contribution is 6.31. The number of carbonyl (C=O) groups excluding carboxylic acids is 1. The Morgan fingerprint density at radius 2 is 2.06 bits per heavy atom. The summed E-state index contributed by atoms with van der Waals surface area (Å²) in [7, 11) is 0. The number of likely N-dealkylation sites (tertiary alicyclic amines) is 1. The summed E-state index contributed by atoms with van der Waals surface area (Å²) >= 11 is 6.17. The molecule has 2 aromatic carbocycles. The van der Waals surface area contributed by atoms with E-state index in [0.717, 1.165) is 30.8 Å². The zero-order chi connectivity index (χ0) is 22.5. The van der Waals surface area contributed by atoms with Crippen LogP contribution in [0.25, 0.3) is 22.3 Å². The van der Waals surface area contributed by atoms with Gasteiger partial charge in [-0.3, -0.25) is 4.79 Å². The van der Waals surface area contributed by atoms with E-state index in [1.807, 2.05) is 31.2 Å². The number of fused-ring (bicyclic) bond motifs is 1. The van der Waals surface area contributed by atoms with E-state index in [1.54, 1.807) is 18.2 Å². The van der Waals surface area contributed by atoms with Gasteiger partial charge in [0.25, 0.3) is 5.91 Å². The van der Waals surface area contributed by atoms with Crippen LogP contribution in [0.2, 0.25) is 5.02 Å². The molecule has 1 aliphatic heterocycles. The van der Waals surface area contributed by atoms with E-state index >= 15 is 0 Å². The summed E-state index contributed by atoms with van der Waals surface area (Å²) in [5.74, 6) is 0.936. The molecule has 3 aromatic rings. The summed E-state index contributed by atoms with van der Waals surface area (Å²) in [6.45, 7) is 5.02. The largest absolute Gasteiger partial charge is 0.494 e. The fourth-order valence-electron chi connectivity index (χ4n) is 3.85. The maximum atomic E-state index is 13.3. The van der Waals surface area contributed by atoms with Crippen molar-refractivity contribution >= 4 is 28.4 Å². The summed E-state index contributed by atoms with van der Waals surface area (Å²) in [6.07, 6.45) is 0.611. The molecule has 4 rings (SSSR count). The molecule has 1 saturated heterocycles. The normalized spacial score (nSPS) is 16.4. The molecule has 0 spiro atoms. The van der Waals surface area contributed by atoms with Crippen molar-refractivity contribution in [2.75, 3.05) is 32.8 Å². The van der Waals surface area contributed by atoms with Crippen molar-refractivity contribution in [3.8, 4) is 17.1 Å². The number of nitrogens with zero attached hydrogens (tertiary/aromatic N) is 3. The Balaban J connectivity index is 1.53. The highest BCUT2D eigenvalue weighted by Gasteiger charge is 2.21. The van der Waals surface area contributed by atoms with Gasteiger partial charge in [-0.2, -0.15) is 0 Å². The van der Waals surface area contributed by atoms with Gasteiger partial charge >= 0.3 is 0 Å². The number of ether oxygens (including phenoxy) is 1. The lowest BCUT2D eigenvalue weighted by Crippen LogP contribution is -2.30. The molecule has 1 aliphatic rings. The molecule has 0 bridgehead atoms. The third-order valence-electron chi connectivity index (χ3n) is 5.45. The molecule has 1 aromatic heterocycles. The van der Waals surface area contributed by atoms with Crippen LogP contribution in [-0.2, 0) is 0 Å². The van der Waals surface area contributed by atoms with Crippen LogP contribution in [0.4, 0.5) is 4.39 Å². The van der Waals surface area contributed by atoms with Crippen LogP contribution in [0.3, 0.4) is 0 Å². The summed E-state index contributed by atoms with van der Waals surface area (Å²) in [4.78, 5) is 24.3. The van der Waals surface area contributed by atoms with Gasteiger partial charge in [-0.05, 0) is 68.8 Å². The quantitative estimate of drug-likeness (QED) is 0.505. The second-order valence-electron chi connectivity index (χ2n) is 7.81. The van der Waals surface area contributed by atoms with Gasteiger partial charge in [0.05, 0.1) is 12.1 Å². The van der Waals surface area contributed by atoms with E-state index in [4.69, 9.17) is 16.3 Å². The molecule has 0 saturated carbocycles. The van der Waals surface area contributed by atoms with Gasteiger partial charge in [0, 0.05) is 35.6 Å². The first kappa shape index (κ1) is 22.4. The van der Waals surface area contributed by atoms with Crippen LogP contribution in [0.5, 0.6) is 5.75 Å². The summed E-state index contributed by atoms with van der Waals surface area (Å²) in [5.41, 5.74) is 1.69. The Bertz CT molecular complexity index is 1090. The molecule has 1 N–H and O–H groups in total. The maximum Gasteiger partial charge on any atom is 0.270 e. The van der Waals surface area contributed by atoms with Crippen molar-refractivity contribution in [2.24, 2.45) is 0 Å². The van der Waals surface area contributed by atoms with Gasteiger partial charge in [0.15, 0.2) is 5.82 Å². The topological polar surface area (TPSA) is 67.3 Å². The minimum atomic E-state index is -0.732. The number of alkyl halides is 1. The Morgan fingerprint density at radius 1 is 1.25 bits per heavy atom. The molecule has 0 aliphatic carbocycles. The van der Waals surface area contributed by atoms with Gasteiger partial charge in [0.2, 0.25) is 0 Å². The molecule has 6 nitrogen and oxygen atoms in total. The first-order chi connectivity index (χ1) is 15.5. The van der Waals surface area contributed by atoms with Gasteiger partial charge in [-0.1, -0.05) is 11.6 Å². The van der Waals surface area contributed by atoms with Crippen molar-refractivity contribution in [1.82, 2.24) is 20.2 Å². The molecule has 0 radical (unpaired) electrons. The zero-order valence-electron chi connectivity index (χ0n) is 18.0. The number of benzene rings is 2. The number of nitrogens with one attached hydrogen (secondary N) is 1. The van der Waals surface area contributed by atoms with Gasteiger partial charge in [-0.25, -0.2) is 14.4 Å². The Morgan fingerprint density at radius 3 is 2.78 bits per heavy atom. The molecular weight excluding hydrogens is 431 g/mol. The van der Waals surface area contributed by atoms with Crippen molar-refractivity contribution < 1.29 is 13.9 Å². The van der Waals surface area contributed by atoms with Crippen LogP contribution in [-0.4, -0.2) is 59.7 Å². The first-order valence-electron chi connectivity index (χ1n) is 10.9. The number of carbonyl (C=O) groups is 1. The SMILES string of the molecule is CCOc1ccc(-c2nc(C(=O)NCCCN3CC[C@@H](F)C3)c3ccc(Cl)cc3n2)cc1. The van der Waals surface area contributed by atoms with Crippen LogP contribution in [0.15, 0.2) is 42.5 Å². The lowest BCUT2D eigenvalue weighted by molar-refractivity contribution is 0.0948. The fraction of sp³-hybridized carbons (Fsp3) is 0.375. The number of hydrogen-bond acceptors (Lipinski definition) is 5. The minimum Gasteiger partial charge on any atom is -0.494 e. The smallest absolute Gasteiger partial charge is 0.270 e. The van der Waals surface area contributed by atoms with E-state index in [-0.39, 0.29) is 5.91 Å². The van der Waals surface area contributed by atoms with Crippen molar-refractivity contribution in [3.05, 3.63) is 53.2 Å². The Kier molecular flexibility index (Phi) is 7.17.